The standard InChI is InChI=1S/C10H8BrF6NO2/c1-20-6-3-4(2-5(11)7(6)18)8(19,9(12,13)14)10(15,16)17/h2-3,19H,18H2,1H3. The lowest BCUT2D eigenvalue weighted by atomic mass is 9.92. The first kappa shape index (κ1) is 16.9. The molecule has 0 aromatic heterocycles. The normalized spacial score (nSPS) is 13.4. The van der Waals surface area contributed by atoms with E-state index in [9.17, 15) is 31.4 Å². The predicted octanol–water partition coefficient (Wildman–Crippen LogP) is 3.35. The summed E-state index contributed by atoms with van der Waals surface area (Å²) in [5, 5.41) is 9.22. The number of nitrogens with two attached hydrogens (primary N) is 1. The van der Waals surface area contributed by atoms with Gasteiger partial charge < -0.3 is 15.6 Å². The van der Waals surface area contributed by atoms with Crippen LogP contribution >= 0.6 is 15.9 Å². The Morgan fingerprint density at radius 1 is 1.10 bits per heavy atom. The van der Waals surface area contributed by atoms with Crippen LogP contribution in [0.25, 0.3) is 0 Å². The van der Waals surface area contributed by atoms with Crippen LogP contribution in [0.3, 0.4) is 0 Å². The number of rotatable bonds is 2. The summed E-state index contributed by atoms with van der Waals surface area (Å²) in [6.07, 6.45) is -11.9. The number of anilines is 1. The van der Waals surface area contributed by atoms with Crippen molar-refractivity contribution >= 4 is 21.6 Å². The third-order valence-electron chi connectivity index (χ3n) is 2.55. The molecule has 0 bridgehead atoms. The molecule has 0 spiro atoms. The Kier molecular flexibility index (Phi) is 4.22. The monoisotopic (exact) mass is 367 g/mol. The Bertz CT molecular complexity index is 500. The second kappa shape index (κ2) is 4.99. The molecule has 10 heteroatoms. The van der Waals surface area contributed by atoms with Gasteiger partial charge in [0, 0.05) is 10.0 Å². The molecular weight excluding hydrogens is 360 g/mol. The van der Waals surface area contributed by atoms with E-state index in [1.54, 1.807) is 0 Å². The average Bonchev–Trinajstić information content (AvgIpc) is 2.28. The zero-order chi connectivity index (χ0) is 15.9. The van der Waals surface area contributed by atoms with Gasteiger partial charge in [0.2, 0.25) is 0 Å². The molecule has 0 aliphatic carbocycles. The summed E-state index contributed by atoms with van der Waals surface area (Å²) in [6.45, 7) is 0. The highest BCUT2D eigenvalue weighted by atomic mass is 79.9. The van der Waals surface area contributed by atoms with Gasteiger partial charge in [-0.05, 0) is 28.1 Å². The number of hydrogen-bond donors (Lipinski definition) is 2. The largest absolute Gasteiger partial charge is 0.495 e. The third-order valence-corrected chi connectivity index (χ3v) is 3.21. The highest BCUT2D eigenvalue weighted by Crippen LogP contribution is 2.51. The highest BCUT2D eigenvalue weighted by molar-refractivity contribution is 9.10. The molecule has 0 saturated carbocycles. The second-order valence-corrected chi connectivity index (χ2v) is 4.63. The molecule has 0 atom stereocenters. The van der Waals surface area contributed by atoms with Gasteiger partial charge in [-0.2, -0.15) is 26.3 Å². The van der Waals surface area contributed by atoms with Gasteiger partial charge in [-0.1, -0.05) is 0 Å². The fourth-order valence-corrected chi connectivity index (χ4v) is 1.90. The maximum atomic E-state index is 12.7. The van der Waals surface area contributed by atoms with E-state index in [4.69, 9.17) is 5.73 Å². The molecule has 114 valence electrons. The molecule has 1 aromatic rings. The molecule has 0 unspecified atom stereocenters. The van der Waals surface area contributed by atoms with E-state index in [0.29, 0.717) is 12.1 Å². The van der Waals surface area contributed by atoms with Crippen LogP contribution in [0.2, 0.25) is 0 Å². The summed E-state index contributed by atoms with van der Waals surface area (Å²) in [7, 11) is 1.02. The Balaban J connectivity index is 3.65. The highest BCUT2D eigenvalue weighted by Gasteiger charge is 2.71. The fourth-order valence-electron chi connectivity index (χ4n) is 1.46. The number of methoxy groups -OCH3 is 1. The van der Waals surface area contributed by atoms with E-state index in [2.05, 4.69) is 20.7 Å². The number of alkyl halides is 6. The molecule has 0 saturated heterocycles. The molecule has 0 fully saturated rings. The molecule has 0 radical (unpaired) electrons. The zero-order valence-electron chi connectivity index (χ0n) is 9.73. The van der Waals surface area contributed by atoms with Gasteiger partial charge in [-0.3, -0.25) is 0 Å². The lowest BCUT2D eigenvalue weighted by Gasteiger charge is -2.33. The molecule has 1 rings (SSSR count). The predicted molar refractivity (Wildman–Crippen MR) is 61.1 cm³/mol. The van der Waals surface area contributed by atoms with Crippen LogP contribution in [0.15, 0.2) is 16.6 Å². The van der Waals surface area contributed by atoms with E-state index >= 15 is 0 Å². The van der Waals surface area contributed by atoms with Crippen molar-refractivity contribution in [2.45, 2.75) is 18.0 Å². The average molecular weight is 368 g/mol. The van der Waals surface area contributed by atoms with Crippen LogP contribution in [0, 0.1) is 0 Å². The minimum absolute atomic E-state index is 0.192. The summed E-state index contributed by atoms with van der Waals surface area (Å²) >= 11 is 2.71. The van der Waals surface area contributed by atoms with Gasteiger partial charge in [0.15, 0.2) is 0 Å². The summed E-state index contributed by atoms with van der Waals surface area (Å²) < 4.78 is 80.5. The van der Waals surface area contributed by atoms with Gasteiger partial charge in [0.1, 0.15) is 5.75 Å². The second-order valence-electron chi connectivity index (χ2n) is 3.78. The molecule has 20 heavy (non-hydrogen) atoms. The fraction of sp³-hybridized carbons (Fsp3) is 0.400. The SMILES string of the molecule is COc1cc(C(O)(C(F)(F)F)C(F)(F)F)cc(Br)c1N. The van der Waals surface area contributed by atoms with Crippen molar-refractivity contribution in [1.29, 1.82) is 0 Å². The molecule has 1 aromatic carbocycles. The zero-order valence-corrected chi connectivity index (χ0v) is 11.3. The van der Waals surface area contributed by atoms with Crippen LogP contribution in [0.5, 0.6) is 5.75 Å². The first-order chi connectivity index (χ1) is 8.86. The van der Waals surface area contributed by atoms with Gasteiger partial charge in [0.25, 0.3) is 5.60 Å². The van der Waals surface area contributed by atoms with Crippen LogP contribution in [0.4, 0.5) is 32.0 Å². The van der Waals surface area contributed by atoms with E-state index in [0.717, 1.165) is 7.11 Å². The number of nitrogen functional groups attached to an aromatic ring is 1. The lowest BCUT2D eigenvalue weighted by Crippen LogP contribution is -2.53. The summed E-state index contributed by atoms with van der Waals surface area (Å²) in [4.78, 5) is 0. The maximum Gasteiger partial charge on any atom is 0.430 e. The Morgan fingerprint density at radius 2 is 1.55 bits per heavy atom. The number of ether oxygens (including phenoxy) is 1. The lowest BCUT2D eigenvalue weighted by molar-refractivity contribution is -0.376. The van der Waals surface area contributed by atoms with Crippen molar-refractivity contribution in [1.82, 2.24) is 0 Å². The minimum Gasteiger partial charge on any atom is -0.495 e. The van der Waals surface area contributed by atoms with Gasteiger partial charge >= 0.3 is 12.4 Å². The van der Waals surface area contributed by atoms with Gasteiger partial charge in [-0.25, -0.2) is 0 Å². The van der Waals surface area contributed by atoms with Crippen molar-refractivity contribution < 1.29 is 36.2 Å². The van der Waals surface area contributed by atoms with Crippen molar-refractivity contribution in [2.75, 3.05) is 12.8 Å². The maximum absolute atomic E-state index is 12.7. The van der Waals surface area contributed by atoms with E-state index < -0.39 is 29.3 Å². The topological polar surface area (TPSA) is 55.5 Å². The molecule has 0 aliphatic rings. The molecule has 0 heterocycles. The Labute approximate surface area is 117 Å². The number of hydrogen-bond acceptors (Lipinski definition) is 3. The van der Waals surface area contributed by atoms with Crippen LogP contribution in [-0.2, 0) is 5.60 Å². The smallest absolute Gasteiger partial charge is 0.430 e. The van der Waals surface area contributed by atoms with E-state index in [-0.39, 0.29) is 10.2 Å². The molecule has 0 aliphatic heterocycles. The summed E-state index contributed by atoms with van der Waals surface area (Å²) in [5.74, 6) is -0.429. The van der Waals surface area contributed by atoms with Crippen molar-refractivity contribution in [2.24, 2.45) is 0 Å². The molecule has 3 nitrogen and oxygen atoms in total. The minimum atomic E-state index is -5.97. The van der Waals surface area contributed by atoms with Crippen LogP contribution in [0.1, 0.15) is 5.56 Å². The first-order valence-corrected chi connectivity index (χ1v) is 5.65. The Hall–Kier alpha value is -1.16. The first-order valence-electron chi connectivity index (χ1n) is 4.85. The van der Waals surface area contributed by atoms with E-state index in [1.165, 1.54) is 0 Å². The van der Waals surface area contributed by atoms with Gasteiger partial charge in [0.05, 0.1) is 12.8 Å². The van der Waals surface area contributed by atoms with Crippen LogP contribution < -0.4 is 10.5 Å². The number of benzene rings is 1. The van der Waals surface area contributed by atoms with Crippen LogP contribution in [-0.4, -0.2) is 24.6 Å². The molecule has 0 amide bonds. The van der Waals surface area contributed by atoms with E-state index in [1.807, 2.05) is 0 Å². The summed E-state index contributed by atoms with van der Waals surface area (Å²) in [6, 6.07) is 0.833. The van der Waals surface area contributed by atoms with Crippen molar-refractivity contribution in [3.05, 3.63) is 22.2 Å². The molecule has 3 N–H and O–H groups in total. The van der Waals surface area contributed by atoms with Crippen molar-refractivity contribution in [3.8, 4) is 5.75 Å². The number of aliphatic hydroxyl groups is 1. The third kappa shape index (κ3) is 2.53. The van der Waals surface area contributed by atoms with Gasteiger partial charge in [-0.15, -0.1) is 0 Å². The Morgan fingerprint density at radius 3 is 1.90 bits per heavy atom. The number of halogens is 7. The molecular formula is C10H8BrF6NO2. The quantitative estimate of drug-likeness (QED) is 0.622. The van der Waals surface area contributed by atoms with Crippen molar-refractivity contribution in [3.63, 3.8) is 0 Å². The summed E-state index contributed by atoms with van der Waals surface area (Å²) in [5.41, 5.74) is -1.26.